The van der Waals surface area contributed by atoms with Gasteiger partial charge in [0.05, 0.1) is 46.8 Å². The molecule has 0 saturated carbocycles. The molecule has 2 aliphatic heterocycles. The maximum atomic E-state index is 13.6. The third-order valence-corrected chi connectivity index (χ3v) is 17.1. The first-order valence-corrected chi connectivity index (χ1v) is 30.8. The van der Waals surface area contributed by atoms with E-state index in [1.54, 1.807) is 53.9 Å². The number of halogens is 3. The number of alkyl halides is 3. The molecule has 1 amide bonds. The molecule has 10 rings (SSSR count). The molecule has 3 aromatic heterocycles. The number of carboxylic acids is 1. The van der Waals surface area contributed by atoms with Crippen molar-refractivity contribution < 1.29 is 72.4 Å². The van der Waals surface area contributed by atoms with Crippen LogP contribution in [0.4, 0.5) is 13.2 Å². The number of aromatic nitrogens is 6. The van der Waals surface area contributed by atoms with Gasteiger partial charge in [-0.1, -0.05) is 133 Å². The molecule has 94 heavy (non-hydrogen) atoms. The molecule has 2 atom stereocenters. The van der Waals surface area contributed by atoms with Crippen LogP contribution in [0.25, 0.3) is 34.2 Å². The molecule has 0 radical (unpaired) electrons. The third kappa shape index (κ3) is 21.2. The number of aryl methyl sites for hydroxylation is 6. The summed E-state index contributed by atoms with van der Waals surface area (Å²) >= 11 is 0. The average Bonchev–Trinajstić information content (AvgIpc) is 0.801. The monoisotopic (exact) mass is 1290 g/mol. The molecule has 2 saturated heterocycles. The number of ketones is 1. The SMILES string of the molecule is CC(=N)c1ccccc1.COC(C)=C(C)C(C)=O.Cc1nc(-c2ccccc2)nc(C)c1C.Cc1nc(-c2ccccc2)nc(C)c1C(=O)N1CCC(C)(N2CCN([C@@H](C)c3ccc(C(F)(F)F)cc3)[C@@H](C)C2)CC1.Cc1nc(-c2ccccc2)nc(C)c1C(=O)O.[Na+].[OH-]. The first-order chi connectivity index (χ1) is 43.5. The smallest absolute Gasteiger partial charge is 0.870 e. The fourth-order valence-corrected chi connectivity index (χ4v) is 10.9. The van der Waals surface area contributed by atoms with E-state index < -0.39 is 17.7 Å². The number of methoxy groups -OCH3 is 1. The Bertz CT molecular complexity index is 3770. The number of benzene rings is 5. The number of Topliss-reactive ketones (excluding diaryl/α,β-unsaturated/α-hetero) is 1. The zero-order valence-electron chi connectivity index (χ0n) is 57.1. The van der Waals surface area contributed by atoms with E-state index in [1.807, 2.05) is 154 Å². The van der Waals surface area contributed by atoms with Crippen molar-refractivity contribution in [3.05, 3.63) is 224 Å². The zero-order valence-corrected chi connectivity index (χ0v) is 59.1. The Balaban J connectivity index is 0.000000295. The van der Waals surface area contributed by atoms with E-state index in [4.69, 9.17) is 15.3 Å². The second-order valence-electron chi connectivity index (χ2n) is 23.5. The van der Waals surface area contributed by atoms with E-state index in [2.05, 4.69) is 67.4 Å². The summed E-state index contributed by atoms with van der Waals surface area (Å²) in [6.07, 6.45) is -2.57. The van der Waals surface area contributed by atoms with Crippen LogP contribution >= 0.6 is 0 Å². The van der Waals surface area contributed by atoms with E-state index in [9.17, 15) is 27.6 Å². The van der Waals surface area contributed by atoms with Crippen molar-refractivity contribution in [3.8, 4) is 34.2 Å². The van der Waals surface area contributed by atoms with Crippen LogP contribution in [0.5, 0.6) is 0 Å². The quantitative estimate of drug-likeness (QED) is 0.0532. The molecule has 2 aliphatic rings. The maximum Gasteiger partial charge on any atom is 1.00 e. The summed E-state index contributed by atoms with van der Waals surface area (Å²) < 4.78 is 43.9. The Kier molecular flexibility index (Phi) is 29.9. The molecule has 20 heteroatoms. The molecule has 5 aromatic carbocycles. The van der Waals surface area contributed by atoms with Gasteiger partial charge in [-0.05, 0) is 139 Å². The van der Waals surface area contributed by atoms with E-state index in [-0.39, 0.29) is 69.9 Å². The van der Waals surface area contributed by atoms with Crippen molar-refractivity contribution in [3.63, 3.8) is 0 Å². The van der Waals surface area contributed by atoms with Crippen molar-refractivity contribution in [1.29, 1.82) is 5.41 Å². The average molecular weight is 1290 g/mol. The van der Waals surface area contributed by atoms with Gasteiger partial charge in [0, 0.05) is 89.7 Å². The second kappa shape index (κ2) is 35.9. The predicted octanol–water partition coefficient (Wildman–Crippen LogP) is 12.5. The van der Waals surface area contributed by atoms with Crippen LogP contribution in [0.3, 0.4) is 0 Å². The maximum absolute atomic E-state index is 13.6. The minimum Gasteiger partial charge on any atom is -0.870 e. The fraction of sp³-hybridized carbons (Fsp3) is 0.351. The van der Waals surface area contributed by atoms with Crippen molar-refractivity contribution in [2.45, 2.75) is 134 Å². The molecule has 0 spiro atoms. The summed E-state index contributed by atoms with van der Waals surface area (Å²) in [5.74, 6) is 1.78. The number of hydrogen-bond acceptors (Lipinski definition) is 14. The first-order valence-electron chi connectivity index (χ1n) is 30.8. The van der Waals surface area contributed by atoms with Gasteiger partial charge in [0.25, 0.3) is 5.91 Å². The van der Waals surface area contributed by atoms with Crippen LogP contribution in [-0.4, -0.2) is 130 Å². The molecule has 8 aromatic rings. The normalized spacial score (nSPS) is 14.9. The number of nitrogens with one attached hydrogen (secondary N) is 1. The van der Waals surface area contributed by atoms with Gasteiger partial charge < -0.3 is 25.6 Å². The number of carbonyl (C=O) groups is 3. The molecule has 2 fully saturated rings. The van der Waals surface area contributed by atoms with Crippen LogP contribution in [0.15, 0.2) is 157 Å². The number of amides is 1. The van der Waals surface area contributed by atoms with Gasteiger partial charge >= 0.3 is 41.7 Å². The molecule has 3 N–H and O–H groups in total. The second-order valence-corrected chi connectivity index (χ2v) is 23.5. The van der Waals surface area contributed by atoms with E-state index >= 15 is 0 Å². The number of carboxylic acid groups (broad SMARTS) is 1. The molecule has 0 unspecified atom stereocenters. The van der Waals surface area contributed by atoms with Gasteiger partial charge in [-0.2, -0.15) is 13.2 Å². The van der Waals surface area contributed by atoms with Gasteiger partial charge in [0.15, 0.2) is 23.3 Å². The van der Waals surface area contributed by atoms with Gasteiger partial charge in [0.1, 0.15) is 5.56 Å². The van der Waals surface area contributed by atoms with Gasteiger partial charge in [-0.25, -0.2) is 34.7 Å². The van der Waals surface area contributed by atoms with Crippen molar-refractivity contribution in [2.24, 2.45) is 0 Å². The summed E-state index contributed by atoms with van der Waals surface area (Å²) in [5.41, 5.74) is 11.9. The molecule has 492 valence electrons. The molecule has 5 heterocycles. The van der Waals surface area contributed by atoms with Crippen molar-refractivity contribution in [2.75, 3.05) is 39.8 Å². The number of ether oxygens (including phenoxy) is 1. The Labute approximate surface area is 574 Å². The first kappa shape index (κ1) is 78.3. The predicted molar refractivity (Wildman–Crippen MR) is 361 cm³/mol. The largest absolute Gasteiger partial charge is 1.00 e. The zero-order chi connectivity index (χ0) is 67.6. The number of nitrogens with zero attached hydrogens (tertiary/aromatic N) is 9. The Morgan fingerprint density at radius 3 is 1.31 bits per heavy atom. The van der Waals surface area contributed by atoms with Crippen LogP contribution in [0, 0.1) is 53.9 Å². The molecule has 0 aliphatic carbocycles. The minimum absolute atomic E-state index is 0. The summed E-state index contributed by atoms with van der Waals surface area (Å²) in [7, 11) is 1.56. The molecular weight excluding hydrogens is 1200 g/mol. The number of piperazine rings is 1. The summed E-state index contributed by atoms with van der Waals surface area (Å²) in [6.45, 7) is 30.6. The van der Waals surface area contributed by atoms with Gasteiger partial charge in [-0.3, -0.25) is 19.4 Å². The summed E-state index contributed by atoms with van der Waals surface area (Å²) in [4.78, 5) is 68.9. The number of carbonyl (C=O) groups excluding carboxylic acids is 2. The number of rotatable bonds is 11. The number of hydrogen-bond donors (Lipinski definition) is 2. The number of likely N-dealkylation sites (tertiary alicyclic amines) is 1. The van der Waals surface area contributed by atoms with Crippen molar-refractivity contribution >= 4 is 23.4 Å². The number of aromatic carboxylic acids is 1. The topological polar surface area (TPSA) is 222 Å². The number of piperidine rings is 1. The Morgan fingerprint density at radius 2 is 0.979 bits per heavy atom. The van der Waals surface area contributed by atoms with Crippen LogP contribution in [0.2, 0.25) is 0 Å². The summed E-state index contributed by atoms with van der Waals surface area (Å²) in [6, 6.07) is 44.9. The van der Waals surface area contributed by atoms with E-state index in [0.717, 1.165) is 77.5 Å². The van der Waals surface area contributed by atoms with Crippen LogP contribution in [0.1, 0.15) is 144 Å². The van der Waals surface area contributed by atoms with Crippen LogP contribution in [-0.2, 0) is 15.7 Å². The van der Waals surface area contributed by atoms with Gasteiger partial charge in [0.2, 0.25) is 0 Å². The Morgan fingerprint density at radius 1 is 0.596 bits per heavy atom. The standard InChI is InChI=1S/C33H40F3N5O.C13H12N2O2.C13H14N2.C8H9N.C7H12O2.Na.H2O/c1-22-21-40(19-20-41(22)25(4)26-11-13-28(14-12-26)33(34,35)36)32(5)15-17-39(18-16-32)31(42)29-23(2)37-30(38-24(29)3)27-9-7-6-8-10-27;1-8-11(13(16)17)9(2)15-12(14-8)10-6-4-3-5-7-10;1-9-10(2)14-13(15-11(9)3)12-7-5-4-6-8-12;1-7(9)8-5-3-2-4-6-8;1-5(6(2)8)7(3)9-4;;/h6-14,22,25H,15-21H2,1-5H3;3-7H,1-2H3,(H,16,17);4-8H,1-3H3;2-6,9H,1H3;1-4H3;;1H2/q;;;;;+1;/p-1/t22-,25-;;;;;;/m0....../s1. The number of allylic oxidation sites excluding steroid dienone is 2. The third-order valence-electron chi connectivity index (χ3n) is 17.1. The van der Waals surface area contributed by atoms with Crippen LogP contribution < -0.4 is 29.6 Å². The Hall–Kier alpha value is -8.17. The van der Waals surface area contributed by atoms with Gasteiger partial charge in [-0.15, -0.1) is 0 Å². The van der Waals surface area contributed by atoms with E-state index in [0.29, 0.717) is 70.1 Å². The van der Waals surface area contributed by atoms with E-state index in [1.165, 1.54) is 24.6 Å². The minimum atomic E-state index is -4.32. The summed E-state index contributed by atoms with van der Waals surface area (Å²) in [5, 5.41) is 16.3. The molecule has 16 nitrogen and oxygen atoms in total. The molecular formula is C74H88F3N10NaO6. The fourth-order valence-electron chi connectivity index (χ4n) is 10.9. The molecule has 0 bridgehead atoms. The van der Waals surface area contributed by atoms with Crippen molar-refractivity contribution in [1.82, 2.24) is 44.6 Å².